The SMILES string of the molecule is COC1C[C@@H](C(=O)O)N(C(=O)OCc2ccccc2)C1. The topological polar surface area (TPSA) is 76.1 Å². The number of hydrogen-bond donors (Lipinski definition) is 1. The predicted octanol–water partition coefficient (Wildman–Crippen LogP) is 1.50. The van der Waals surface area contributed by atoms with Gasteiger partial charge in [-0.25, -0.2) is 9.59 Å². The van der Waals surface area contributed by atoms with Crippen LogP contribution in [0.25, 0.3) is 0 Å². The van der Waals surface area contributed by atoms with Crippen molar-refractivity contribution in [2.45, 2.75) is 25.2 Å². The summed E-state index contributed by atoms with van der Waals surface area (Å²) in [7, 11) is 1.50. The highest BCUT2D eigenvalue weighted by atomic mass is 16.6. The average molecular weight is 279 g/mol. The Balaban J connectivity index is 1.95. The van der Waals surface area contributed by atoms with Crippen molar-refractivity contribution >= 4 is 12.1 Å². The van der Waals surface area contributed by atoms with E-state index in [-0.39, 0.29) is 25.7 Å². The van der Waals surface area contributed by atoms with Gasteiger partial charge in [-0.05, 0) is 5.56 Å². The number of carboxylic acids is 1. The highest BCUT2D eigenvalue weighted by Gasteiger charge is 2.40. The average Bonchev–Trinajstić information content (AvgIpc) is 2.90. The van der Waals surface area contributed by atoms with Crippen LogP contribution in [0.15, 0.2) is 30.3 Å². The zero-order valence-electron chi connectivity index (χ0n) is 11.2. The van der Waals surface area contributed by atoms with Gasteiger partial charge in [-0.2, -0.15) is 0 Å². The third-order valence-electron chi connectivity index (χ3n) is 3.32. The number of nitrogens with zero attached hydrogens (tertiary/aromatic N) is 1. The molecule has 108 valence electrons. The number of methoxy groups -OCH3 is 1. The van der Waals surface area contributed by atoms with E-state index in [0.29, 0.717) is 0 Å². The Morgan fingerprint density at radius 1 is 1.35 bits per heavy atom. The second-order valence-corrected chi connectivity index (χ2v) is 4.64. The molecule has 1 aliphatic heterocycles. The zero-order chi connectivity index (χ0) is 14.5. The molecule has 6 heteroatoms. The summed E-state index contributed by atoms with van der Waals surface area (Å²) < 4.78 is 10.3. The first-order valence-corrected chi connectivity index (χ1v) is 6.34. The number of benzene rings is 1. The quantitative estimate of drug-likeness (QED) is 0.903. The zero-order valence-corrected chi connectivity index (χ0v) is 11.2. The van der Waals surface area contributed by atoms with E-state index in [2.05, 4.69) is 0 Å². The Labute approximate surface area is 116 Å². The summed E-state index contributed by atoms with van der Waals surface area (Å²) >= 11 is 0. The smallest absolute Gasteiger partial charge is 0.410 e. The molecule has 1 aliphatic rings. The maximum atomic E-state index is 12.0. The molecule has 1 aromatic rings. The van der Waals surface area contributed by atoms with Gasteiger partial charge >= 0.3 is 12.1 Å². The first-order chi connectivity index (χ1) is 9.61. The number of carboxylic acid groups (broad SMARTS) is 1. The molecule has 0 saturated carbocycles. The Kier molecular flexibility index (Phi) is 4.57. The van der Waals surface area contributed by atoms with Gasteiger partial charge in [-0.3, -0.25) is 4.90 Å². The second kappa shape index (κ2) is 6.38. The molecule has 0 bridgehead atoms. The van der Waals surface area contributed by atoms with E-state index in [9.17, 15) is 9.59 Å². The van der Waals surface area contributed by atoms with Crippen LogP contribution in [0.2, 0.25) is 0 Å². The molecule has 20 heavy (non-hydrogen) atoms. The normalized spacial score (nSPS) is 21.8. The number of hydrogen-bond acceptors (Lipinski definition) is 4. The molecular weight excluding hydrogens is 262 g/mol. The van der Waals surface area contributed by atoms with Crippen molar-refractivity contribution in [2.24, 2.45) is 0 Å². The van der Waals surface area contributed by atoms with E-state index >= 15 is 0 Å². The minimum absolute atomic E-state index is 0.125. The van der Waals surface area contributed by atoms with Crippen LogP contribution >= 0.6 is 0 Å². The highest BCUT2D eigenvalue weighted by Crippen LogP contribution is 2.21. The van der Waals surface area contributed by atoms with Gasteiger partial charge in [-0.15, -0.1) is 0 Å². The highest BCUT2D eigenvalue weighted by molar-refractivity contribution is 5.80. The molecule has 1 heterocycles. The van der Waals surface area contributed by atoms with Crippen LogP contribution in [0.4, 0.5) is 4.79 Å². The van der Waals surface area contributed by atoms with Gasteiger partial charge in [0.25, 0.3) is 0 Å². The number of carbonyl (C=O) groups is 2. The number of ether oxygens (including phenoxy) is 2. The molecule has 0 spiro atoms. The van der Waals surface area contributed by atoms with Gasteiger partial charge in [0.05, 0.1) is 12.6 Å². The van der Waals surface area contributed by atoms with Crippen LogP contribution in [-0.2, 0) is 20.9 Å². The van der Waals surface area contributed by atoms with E-state index in [1.165, 1.54) is 12.0 Å². The molecule has 2 rings (SSSR count). The molecule has 0 radical (unpaired) electrons. The van der Waals surface area contributed by atoms with Crippen molar-refractivity contribution in [3.8, 4) is 0 Å². The van der Waals surface area contributed by atoms with Gasteiger partial charge in [0.2, 0.25) is 0 Å². The monoisotopic (exact) mass is 279 g/mol. The van der Waals surface area contributed by atoms with Gasteiger partial charge in [-0.1, -0.05) is 30.3 Å². The van der Waals surface area contributed by atoms with Crippen LogP contribution in [0.5, 0.6) is 0 Å². The molecule has 0 aromatic heterocycles. The molecule has 1 aromatic carbocycles. The fraction of sp³-hybridized carbons (Fsp3) is 0.429. The first kappa shape index (κ1) is 14.3. The number of carbonyl (C=O) groups excluding carboxylic acids is 1. The summed E-state index contributed by atoms with van der Waals surface area (Å²) in [5.41, 5.74) is 0.857. The van der Waals surface area contributed by atoms with Crippen molar-refractivity contribution in [1.29, 1.82) is 0 Å². The molecule has 1 fully saturated rings. The first-order valence-electron chi connectivity index (χ1n) is 6.34. The van der Waals surface area contributed by atoms with Gasteiger partial charge in [0.1, 0.15) is 12.6 Å². The van der Waals surface area contributed by atoms with E-state index in [1.54, 1.807) is 0 Å². The molecule has 0 aliphatic carbocycles. The van der Waals surface area contributed by atoms with E-state index in [1.807, 2.05) is 30.3 Å². The van der Waals surface area contributed by atoms with Crippen molar-refractivity contribution in [3.63, 3.8) is 0 Å². The molecule has 6 nitrogen and oxygen atoms in total. The van der Waals surface area contributed by atoms with Crippen molar-refractivity contribution < 1.29 is 24.2 Å². The van der Waals surface area contributed by atoms with Crippen molar-refractivity contribution in [2.75, 3.05) is 13.7 Å². The number of aliphatic carboxylic acids is 1. The van der Waals surface area contributed by atoms with Crippen LogP contribution < -0.4 is 0 Å². The number of likely N-dealkylation sites (tertiary alicyclic amines) is 1. The second-order valence-electron chi connectivity index (χ2n) is 4.64. The van der Waals surface area contributed by atoms with Gasteiger partial charge < -0.3 is 14.6 Å². The van der Waals surface area contributed by atoms with E-state index < -0.39 is 18.1 Å². The van der Waals surface area contributed by atoms with Crippen LogP contribution in [-0.4, -0.2) is 47.9 Å². The molecule has 1 unspecified atom stereocenters. The van der Waals surface area contributed by atoms with Crippen molar-refractivity contribution in [3.05, 3.63) is 35.9 Å². The molecule has 1 saturated heterocycles. The van der Waals surface area contributed by atoms with Gasteiger partial charge in [0.15, 0.2) is 0 Å². The summed E-state index contributed by atoms with van der Waals surface area (Å²) in [5.74, 6) is -1.04. The maximum absolute atomic E-state index is 12.0. The summed E-state index contributed by atoms with van der Waals surface area (Å²) in [6, 6.07) is 8.35. The summed E-state index contributed by atoms with van der Waals surface area (Å²) in [6.07, 6.45) is -0.604. The lowest BCUT2D eigenvalue weighted by molar-refractivity contribution is -0.141. The fourth-order valence-corrected chi connectivity index (χ4v) is 2.21. The maximum Gasteiger partial charge on any atom is 0.410 e. The summed E-state index contributed by atoms with van der Waals surface area (Å²) in [4.78, 5) is 24.3. The third kappa shape index (κ3) is 3.27. The van der Waals surface area contributed by atoms with E-state index in [0.717, 1.165) is 5.56 Å². The fourth-order valence-electron chi connectivity index (χ4n) is 2.21. The molecule has 2 atom stereocenters. The van der Waals surface area contributed by atoms with Crippen LogP contribution in [0.3, 0.4) is 0 Å². The van der Waals surface area contributed by atoms with Crippen LogP contribution in [0, 0.1) is 0 Å². The Morgan fingerprint density at radius 3 is 2.65 bits per heavy atom. The minimum atomic E-state index is -1.04. The summed E-state index contributed by atoms with van der Waals surface area (Å²) in [6.45, 7) is 0.362. The van der Waals surface area contributed by atoms with E-state index in [4.69, 9.17) is 14.6 Å². The Bertz CT molecular complexity index is 476. The lowest BCUT2D eigenvalue weighted by atomic mass is 10.2. The Hall–Kier alpha value is -2.08. The Morgan fingerprint density at radius 2 is 2.05 bits per heavy atom. The molecule has 1 amide bonds. The molecule has 1 N–H and O–H groups in total. The standard InChI is InChI=1S/C14H17NO5/c1-19-11-7-12(13(16)17)15(8-11)14(18)20-9-10-5-3-2-4-6-10/h2-6,11-12H,7-9H2,1H3,(H,16,17)/t11?,12-/m0/s1. The largest absolute Gasteiger partial charge is 0.480 e. The van der Waals surface area contributed by atoms with Crippen molar-refractivity contribution in [1.82, 2.24) is 4.90 Å². The molecular formula is C14H17NO5. The summed E-state index contributed by atoms with van der Waals surface area (Å²) in [5, 5.41) is 9.13. The predicted molar refractivity (Wildman–Crippen MR) is 70.2 cm³/mol. The lowest BCUT2D eigenvalue weighted by Crippen LogP contribution is -2.40. The number of rotatable bonds is 4. The van der Waals surface area contributed by atoms with Crippen LogP contribution in [0.1, 0.15) is 12.0 Å². The number of amides is 1. The lowest BCUT2D eigenvalue weighted by Gasteiger charge is -2.20. The minimum Gasteiger partial charge on any atom is -0.480 e. The van der Waals surface area contributed by atoms with Gasteiger partial charge in [0, 0.05) is 13.5 Å². The third-order valence-corrected chi connectivity index (χ3v) is 3.32.